The minimum Gasteiger partial charge on any atom is -0.369 e. The molecule has 0 atom stereocenters. The van der Waals surface area contributed by atoms with Crippen LogP contribution in [-0.4, -0.2) is 44.9 Å². The first kappa shape index (κ1) is 11.9. The van der Waals surface area contributed by atoms with E-state index in [1.54, 1.807) is 10.9 Å². The second kappa shape index (κ2) is 4.49. The lowest BCUT2D eigenvalue weighted by molar-refractivity contribution is 0.313. The van der Waals surface area contributed by atoms with Crippen LogP contribution in [0.3, 0.4) is 0 Å². The van der Waals surface area contributed by atoms with Gasteiger partial charge in [0, 0.05) is 20.1 Å². The predicted octanol–water partition coefficient (Wildman–Crippen LogP) is 1.07. The van der Waals surface area contributed by atoms with E-state index in [2.05, 4.69) is 19.9 Å². The molecule has 2 aromatic heterocycles. The maximum atomic E-state index is 12.0. The number of nitrogens with zero attached hydrogens (tertiary/aromatic N) is 5. The summed E-state index contributed by atoms with van der Waals surface area (Å²) in [6.07, 6.45) is 6.34. The normalized spacial score (nSPS) is 16.1. The highest BCUT2D eigenvalue weighted by molar-refractivity contribution is 5.82. The van der Waals surface area contributed by atoms with Crippen molar-refractivity contribution in [3.63, 3.8) is 0 Å². The van der Waals surface area contributed by atoms with Crippen molar-refractivity contribution in [2.75, 3.05) is 14.1 Å². The minimum atomic E-state index is -0.124. The molecule has 7 nitrogen and oxygen atoms in total. The Kier molecular flexibility index (Phi) is 2.81. The molecule has 1 aliphatic carbocycles. The Morgan fingerprint density at radius 1 is 1.47 bits per heavy atom. The summed E-state index contributed by atoms with van der Waals surface area (Å²) >= 11 is 0. The Bertz CT molecular complexity index is 679. The second-order valence-electron chi connectivity index (χ2n) is 4.99. The van der Waals surface area contributed by atoms with E-state index >= 15 is 0 Å². The third-order valence-electron chi connectivity index (χ3n) is 3.34. The average molecular weight is 260 g/mol. The Morgan fingerprint density at radius 3 is 2.89 bits per heavy atom. The molecule has 1 aliphatic rings. The minimum absolute atomic E-state index is 0.124. The largest absolute Gasteiger partial charge is 0.369 e. The van der Waals surface area contributed by atoms with Crippen LogP contribution in [0.4, 0.5) is 5.82 Å². The van der Waals surface area contributed by atoms with E-state index in [0.29, 0.717) is 17.0 Å². The van der Waals surface area contributed by atoms with E-state index in [9.17, 15) is 4.79 Å². The molecule has 0 radical (unpaired) electrons. The number of aromatic nitrogens is 4. The fourth-order valence-corrected chi connectivity index (χ4v) is 2.18. The predicted molar refractivity (Wildman–Crippen MR) is 72.9 cm³/mol. The van der Waals surface area contributed by atoms with Gasteiger partial charge in [-0.25, -0.2) is 19.8 Å². The molecule has 1 fully saturated rings. The van der Waals surface area contributed by atoms with Crippen molar-refractivity contribution < 1.29 is 0 Å². The van der Waals surface area contributed by atoms with Gasteiger partial charge >= 0.3 is 5.69 Å². The summed E-state index contributed by atoms with van der Waals surface area (Å²) in [6.45, 7) is 0. The summed E-state index contributed by atoms with van der Waals surface area (Å²) in [7, 11) is 3.76. The standard InChI is InChI=1S/C12H16N6O/c1-17(2)7-15-10-9-11(14-6-13-10)18(12(19)16-9)8-4-3-5-8/h6-8H,3-5H2,1-2H3,(H,16,19)/b15-7+. The second-order valence-corrected chi connectivity index (χ2v) is 4.99. The molecular formula is C12H16N6O. The number of nitrogens with one attached hydrogen (secondary N) is 1. The third-order valence-corrected chi connectivity index (χ3v) is 3.34. The van der Waals surface area contributed by atoms with E-state index in [4.69, 9.17) is 0 Å². The maximum absolute atomic E-state index is 12.0. The molecular weight excluding hydrogens is 244 g/mol. The summed E-state index contributed by atoms with van der Waals surface area (Å²) in [5, 5.41) is 0. The Balaban J connectivity index is 2.13. The highest BCUT2D eigenvalue weighted by Crippen LogP contribution is 2.32. The number of hydrogen-bond acceptors (Lipinski definition) is 4. The number of aliphatic imine (C=N–C) groups is 1. The molecule has 0 spiro atoms. The molecule has 0 amide bonds. The van der Waals surface area contributed by atoms with Crippen LogP contribution in [0, 0.1) is 0 Å². The van der Waals surface area contributed by atoms with Crippen LogP contribution >= 0.6 is 0 Å². The van der Waals surface area contributed by atoms with Crippen molar-refractivity contribution in [1.82, 2.24) is 24.4 Å². The van der Waals surface area contributed by atoms with E-state index in [0.717, 1.165) is 12.8 Å². The van der Waals surface area contributed by atoms with Gasteiger partial charge < -0.3 is 9.88 Å². The first-order valence-corrected chi connectivity index (χ1v) is 6.32. The van der Waals surface area contributed by atoms with Gasteiger partial charge in [-0.2, -0.15) is 0 Å². The van der Waals surface area contributed by atoms with Crippen molar-refractivity contribution >= 4 is 23.3 Å². The molecule has 1 saturated carbocycles. The van der Waals surface area contributed by atoms with Crippen LogP contribution in [0.1, 0.15) is 25.3 Å². The number of rotatable bonds is 3. The van der Waals surface area contributed by atoms with Gasteiger partial charge in [-0.1, -0.05) is 0 Å². The van der Waals surface area contributed by atoms with Gasteiger partial charge in [0.05, 0.1) is 6.34 Å². The average Bonchev–Trinajstić information content (AvgIpc) is 2.62. The molecule has 0 aromatic carbocycles. The molecule has 0 unspecified atom stereocenters. The number of imidazole rings is 1. The lowest BCUT2D eigenvalue weighted by atomic mass is 9.93. The van der Waals surface area contributed by atoms with E-state index in [1.165, 1.54) is 12.7 Å². The van der Waals surface area contributed by atoms with Crippen molar-refractivity contribution in [3.8, 4) is 0 Å². The highest BCUT2D eigenvalue weighted by Gasteiger charge is 2.24. The summed E-state index contributed by atoms with van der Waals surface area (Å²) in [4.78, 5) is 29.3. The van der Waals surface area contributed by atoms with Crippen LogP contribution in [-0.2, 0) is 0 Å². The third kappa shape index (κ3) is 2.00. The van der Waals surface area contributed by atoms with Gasteiger partial charge in [0.15, 0.2) is 11.5 Å². The Morgan fingerprint density at radius 2 is 2.26 bits per heavy atom. The zero-order chi connectivity index (χ0) is 13.4. The van der Waals surface area contributed by atoms with Crippen LogP contribution in [0.2, 0.25) is 0 Å². The van der Waals surface area contributed by atoms with Crippen LogP contribution < -0.4 is 5.69 Å². The summed E-state index contributed by atoms with van der Waals surface area (Å²) in [5.74, 6) is 0.494. The summed E-state index contributed by atoms with van der Waals surface area (Å²) in [6, 6.07) is 0.266. The number of aromatic amines is 1. The van der Waals surface area contributed by atoms with Crippen LogP contribution in [0.15, 0.2) is 16.1 Å². The molecule has 2 aromatic rings. The summed E-state index contributed by atoms with van der Waals surface area (Å²) < 4.78 is 1.73. The molecule has 0 bridgehead atoms. The van der Waals surface area contributed by atoms with Crippen LogP contribution in [0.25, 0.3) is 11.2 Å². The van der Waals surface area contributed by atoms with Crippen LogP contribution in [0.5, 0.6) is 0 Å². The zero-order valence-corrected chi connectivity index (χ0v) is 11.0. The molecule has 2 heterocycles. The van der Waals surface area contributed by atoms with Crippen molar-refractivity contribution in [2.45, 2.75) is 25.3 Å². The van der Waals surface area contributed by atoms with Crippen molar-refractivity contribution in [1.29, 1.82) is 0 Å². The SMILES string of the molecule is CN(C)/C=N/c1ncnc2c1[nH]c(=O)n2C1CCC1. The monoisotopic (exact) mass is 260 g/mol. The fraction of sp³-hybridized carbons (Fsp3) is 0.500. The molecule has 0 saturated heterocycles. The Hall–Kier alpha value is -2.18. The number of H-pyrrole nitrogens is 1. The maximum Gasteiger partial charge on any atom is 0.328 e. The molecule has 7 heteroatoms. The van der Waals surface area contributed by atoms with Gasteiger partial charge in [0.2, 0.25) is 0 Å². The van der Waals surface area contributed by atoms with Crippen molar-refractivity contribution in [2.24, 2.45) is 4.99 Å². The molecule has 3 rings (SSSR count). The number of hydrogen-bond donors (Lipinski definition) is 1. The summed E-state index contributed by atoms with van der Waals surface area (Å²) in [5.41, 5.74) is 1.13. The lowest BCUT2D eigenvalue weighted by Crippen LogP contribution is -2.27. The lowest BCUT2D eigenvalue weighted by Gasteiger charge is -2.25. The topological polar surface area (TPSA) is 79.2 Å². The zero-order valence-electron chi connectivity index (χ0n) is 11.0. The van der Waals surface area contributed by atoms with E-state index in [1.807, 2.05) is 19.0 Å². The van der Waals surface area contributed by atoms with E-state index in [-0.39, 0.29) is 11.7 Å². The fourth-order valence-electron chi connectivity index (χ4n) is 2.18. The quantitative estimate of drug-likeness (QED) is 0.661. The van der Waals surface area contributed by atoms with Gasteiger partial charge in [-0.3, -0.25) is 4.57 Å². The van der Waals surface area contributed by atoms with Crippen molar-refractivity contribution in [3.05, 3.63) is 16.8 Å². The molecule has 100 valence electrons. The van der Waals surface area contributed by atoms with Gasteiger partial charge in [0.25, 0.3) is 0 Å². The van der Waals surface area contributed by atoms with E-state index < -0.39 is 0 Å². The molecule has 0 aliphatic heterocycles. The first-order chi connectivity index (χ1) is 9.16. The highest BCUT2D eigenvalue weighted by atomic mass is 16.1. The smallest absolute Gasteiger partial charge is 0.328 e. The van der Waals surface area contributed by atoms with Gasteiger partial charge in [-0.15, -0.1) is 0 Å². The number of fused-ring (bicyclic) bond motifs is 1. The first-order valence-electron chi connectivity index (χ1n) is 6.32. The van der Waals surface area contributed by atoms with Gasteiger partial charge in [0.1, 0.15) is 11.8 Å². The van der Waals surface area contributed by atoms with Gasteiger partial charge in [-0.05, 0) is 19.3 Å². The molecule has 1 N–H and O–H groups in total. The molecule has 19 heavy (non-hydrogen) atoms. The Labute approximate surface area is 110 Å².